The van der Waals surface area contributed by atoms with Crippen molar-refractivity contribution in [2.24, 2.45) is 0 Å². The highest BCUT2D eigenvalue weighted by atomic mass is 35.7. The topological polar surface area (TPSA) is 127 Å². The fourth-order valence-electron chi connectivity index (χ4n) is 3.48. The number of rotatable bonds is 4. The number of nitrogens with one attached hydrogen (secondary N) is 1. The second-order valence-corrected chi connectivity index (χ2v) is 9.91. The molecule has 1 fully saturated rings. The van der Waals surface area contributed by atoms with Crippen LogP contribution in [0.2, 0.25) is 0 Å². The molecule has 1 aliphatic rings. The van der Waals surface area contributed by atoms with Gasteiger partial charge in [0.25, 0.3) is 9.24 Å². The fraction of sp³-hybridized carbons (Fsp3) is 0.227. The van der Waals surface area contributed by atoms with Gasteiger partial charge in [-0.2, -0.15) is 17.8 Å². The van der Waals surface area contributed by atoms with E-state index in [1.165, 1.54) is 10.6 Å². The van der Waals surface area contributed by atoms with E-state index in [-0.39, 0.29) is 0 Å². The number of aromatic nitrogens is 4. The normalized spacial score (nSPS) is 14.5. The lowest BCUT2D eigenvalue weighted by molar-refractivity contribution is 0.353. The number of ether oxygens (including phenoxy) is 1. The van der Waals surface area contributed by atoms with Crippen LogP contribution in [0.4, 0.5) is 5.82 Å². The maximum absolute atomic E-state index is 10.7. The average molecular weight is 487 g/mol. The molecule has 172 valence electrons. The number of hydrogen-bond donors (Lipinski definition) is 2. The molecule has 0 radical (unpaired) electrons. The summed E-state index contributed by atoms with van der Waals surface area (Å²) in [5.41, 5.74) is 8.22. The first-order chi connectivity index (χ1) is 15.9. The quantitative estimate of drug-likeness (QED) is 0.410. The lowest BCUT2D eigenvalue weighted by atomic mass is 10.1. The van der Waals surface area contributed by atoms with E-state index >= 15 is 0 Å². The van der Waals surface area contributed by atoms with Gasteiger partial charge in [0.15, 0.2) is 5.65 Å². The largest absolute Gasteiger partial charge is 0.457 e. The standard InChI is InChI=1S/C17H13N5O.C5H10ClNO2S/c18-16-14-15(21-22-17(14)20-10-19-16)11-6-8-13(9-7-11)23-12-4-2-1-3-5-12;6-10(8,9)7-4-2-1-3-5-7/h1-10H,(H3,18,19,20,21,22);1-5H2. The van der Waals surface area contributed by atoms with Gasteiger partial charge in [0.2, 0.25) is 0 Å². The minimum absolute atomic E-state index is 0.406. The number of benzene rings is 2. The van der Waals surface area contributed by atoms with Crippen LogP contribution in [-0.2, 0) is 9.24 Å². The van der Waals surface area contributed by atoms with Crippen LogP contribution < -0.4 is 10.5 Å². The first-order valence-electron chi connectivity index (χ1n) is 10.4. The second kappa shape index (κ2) is 10.2. The molecule has 0 aliphatic carbocycles. The Balaban J connectivity index is 0.000000219. The molecular weight excluding hydrogens is 464 g/mol. The van der Waals surface area contributed by atoms with Crippen LogP contribution in [0.1, 0.15) is 19.3 Å². The zero-order chi connectivity index (χ0) is 23.3. The Bertz CT molecular complexity index is 1310. The van der Waals surface area contributed by atoms with E-state index < -0.39 is 9.24 Å². The number of nitrogen functional groups attached to an aromatic ring is 1. The number of anilines is 1. The van der Waals surface area contributed by atoms with E-state index in [2.05, 4.69) is 20.2 Å². The smallest absolute Gasteiger partial charge is 0.299 e. The van der Waals surface area contributed by atoms with E-state index in [1.807, 2.05) is 54.6 Å². The third-order valence-corrected chi connectivity index (χ3v) is 6.69. The molecule has 0 spiro atoms. The van der Waals surface area contributed by atoms with Crippen molar-refractivity contribution in [2.45, 2.75) is 19.3 Å². The first-order valence-corrected chi connectivity index (χ1v) is 12.7. The van der Waals surface area contributed by atoms with E-state index in [4.69, 9.17) is 21.2 Å². The lowest BCUT2D eigenvalue weighted by Gasteiger charge is -2.22. The summed E-state index contributed by atoms with van der Waals surface area (Å²) in [5, 5.41) is 7.85. The highest BCUT2D eigenvalue weighted by molar-refractivity contribution is 8.11. The van der Waals surface area contributed by atoms with Gasteiger partial charge in [0.05, 0.1) is 11.1 Å². The molecule has 5 rings (SSSR count). The van der Waals surface area contributed by atoms with Crippen LogP contribution in [-0.4, -0.2) is 46.0 Å². The molecule has 2 aromatic heterocycles. The molecule has 33 heavy (non-hydrogen) atoms. The molecule has 4 aromatic rings. The van der Waals surface area contributed by atoms with Crippen molar-refractivity contribution in [3.63, 3.8) is 0 Å². The van der Waals surface area contributed by atoms with Gasteiger partial charge >= 0.3 is 0 Å². The molecule has 9 nitrogen and oxygen atoms in total. The number of piperidine rings is 1. The van der Waals surface area contributed by atoms with Crippen LogP contribution in [0.25, 0.3) is 22.3 Å². The number of para-hydroxylation sites is 1. The molecule has 0 saturated carbocycles. The Kier molecular flexibility index (Phi) is 7.07. The summed E-state index contributed by atoms with van der Waals surface area (Å²) in [6, 6.07) is 17.3. The van der Waals surface area contributed by atoms with Gasteiger partial charge in [-0.1, -0.05) is 24.6 Å². The number of H-pyrrole nitrogens is 1. The van der Waals surface area contributed by atoms with E-state index in [0.717, 1.165) is 47.4 Å². The van der Waals surface area contributed by atoms with Crippen molar-refractivity contribution in [3.05, 3.63) is 60.9 Å². The fourth-order valence-corrected chi connectivity index (χ4v) is 4.59. The molecule has 3 heterocycles. The number of aromatic amines is 1. The number of nitrogens with zero attached hydrogens (tertiary/aromatic N) is 4. The van der Waals surface area contributed by atoms with Crippen molar-refractivity contribution in [2.75, 3.05) is 18.8 Å². The van der Waals surface area contributed by atoms with Crippen molar-refractivity contribution >= 4 is 36.8 Å². The van der Waals surface area contributed by atoms with Gasteiger partial charge in [0, 0.05) is 29.3 Å². The Hall–Kier alpha value is -3.21. The van der Waals surface area contributed by atoms with Crippen molar-refractivity contribution in [1.82, 2.24) is 24.5 Å². The average Bonchev–Trinajstić information content (AvgIpc) is 3.26. The Morgan fingerprint density at radius 3 is 2.24 bits per heavy atom. The van der Waals surface area contributed by atoms with E-state index in [9.17, 15) is 8.42 Å². The summed E-state index contributed by atoms with van der Waals surface area (Å²) in [5.74, 6) is 1.96. The highest BCUT2D eigenvalue weighted by Gasteiger charge is 2.20. The zero-order valence-electron chi connectivity index (χ0n) is 17.7. The van der Waals surface area contributed by atoms with Gasteiger partial charge in [-0.25, -0.2) is 9.97 Å². The predicted octanol–water partition coefficient (Wildman–Crippen LogP) is 4.35. The van der Waals surface area contributed by atoms with Crippen molar-refractivity contribution in [1.29, 1.82) is 0 Å². The zero-order valence-corrected chi connectivity index (χ0v) is 19.3. The van der Waals surface area contributed by atoms with Crippen molar-refractivity contribution in [3.8, 4) is 22.8 Å². The third-order valence-electron chi connectivity index (χ3n) is 5.13. The second-order valence-electron chi connectivity index (χ2n) is 7.40. The third kappa shape index (κ3) is 5.78. The first kappa shape index (κ1) is 23.0. The molecule has 0 amide bonds. The SMILES string of the molecule is Nc1ncnc2n[nH]c(-c3ccc(Oc4ccccc4)cc3)c12.O=S(=O)(Cl)N1CCCCC1. The van der Waals surface area contributed by atoms with E-state index in [0.29, 0.717) is 24.6 Å². The van der Waals surface area contributed by atoms with Gasteiger partial charge in [-0.15, -0.1) is 0 Å². The molecule has 2 aromatic carbocycles. The van der Waals surface area contributed by atoms with Crippen LogP contribution in [0.15, 0.2) is 60.9 Å². The van der Waals surface area contributed by atoms with Gasteiger partial charge in [-0.3, -0.25) is 5.10 Å². The summed E-state index contributed by atoms with van der Waals surface area (Å²) in [4.78, 5) is 8.12. The number of hydrogen-bond acceptors (Lipinski definition) is 7. The van der Waals surface area contributed by atoms with Crippen LogP contribution in [0, 0.1) is 0 Å². The molecule has 1 aliphatic heterocycles. The monoisotopic (exact) mass is 486 g/mol. The highest BCUT2D eigenvalue weighted by Crippen LogP contribution is 2.30. The molecule has 0 atom stereocenters. The number of fused-ring (bicyclic) bond motifs is 1. The molecule has 1 saturated heterocycles. The summed E-state index contributed by atoms with van der Waals surface area (Å²) in [7, 11) is 1.69. The Morgan fingerprint density at radius 1 is 0.939 bits per heavy atom. The maximum atomic E-state index is 10.7. The summed E-state index contributed by atoms with van der Waals surface area (Å²) in [6.45, 7) is 1.18. The van der Waals surface area contributed by atoms with Gasteiger partial charge in [0.1, 0.15) is 23.6 Å². The van der Waals surface area contributed by atoms with Crippen LogP contribution >= 0.6 is 10.7 Å². The summed E-state index contributed by atoms with van der Waals surface area (Å²) in [6.07, 6.45) is 4.39. The predicted molar refractivity (Wildman–Crippen MR) is 128 cm³/mol. The molecular formula is C22H23ClN6O3S. The maximum Gasteiger partial charge on any atom is 0.299 e. The summed E-state index contributed by atoms with van der Waals surface area (Å²) >= 11 is 0. The lowest BCUT2D eigenvalue weighted by Crippen LogP contribution is -2.32. The van der Waals surface area contributed by atoms with Crippen LogP contribution in [0.5, 0.6) is 11.5 Å². The molecule has 3 N–H and O–H groups in total. The number of nitrogens with two attached hydrogens (primary N) is 1. The molecule has 11 heteroatoms. The van der Waals surface area contributed by atoms with Gasteiger partial charge < -0.3 is 10.5 Å². The number of halogens is 1. The Labute approximate surface area is 196 Å². The minimum Gasteiger partial charge on any atom is -0.457 e. The van der Waals surface area contributed by atoms with Gasteiger partial charge in [-0.05, 0) is 49.2 Å². The van der Waals surface area contributed by atoms with Crippen LogP contribution in [0.3, 0.4) is 0 Å². The van der Waals surface area contributed by atoms with Crippen molar-refractivity contribution < 1.29 is 13.2 Å². The molecule has 0 bridgehead atoms. The summed E-state index contributed by atoms with van der Waals surface area (Å²) < 4.78 is 28.5. The molecule has 0 unspecified atom stereocenters. The van der Waals surface area contributed by atoms with E-state index in [1.54, 1.807) is 0 Å². The minimum atomic E-state index is -3.42. The Morgan fingerprint density at radius 2 is 1.61 bits per heavy atom.